The number of carbonyl (C=O) groups is 1. The number of nitrogens with zero attached hydrogens (tertiary/aromatic N) is 3. The van der Waals surface area contributed by atoms with Crippen LogP contribution in [0.4, 0.5) is 0 Å². The molecule has 2 aromatic heterocycles. The van der Waals surface area contributed by atoms with Crippen LogP contribution < -0.4 is 5.69 Å². The number of nitrogens with one attached hydrogen (secondary N) is 3. The van der Waals surface area contributed by atoms with Gasteiger partial charge in [-0.05, 0) is 0 Å². The Balaban J connectivity index is 2.08. The van der Waals surface area contributed by atoms with E-state index in [1.807, 2.05) is 0 Å². The molecule has 0 aliphatic heterocycles. The van der Waals surface area contributed by atoms with Crippen LogP contribution in [-0.2, 0) is 6.54 Å². The second kappa shape index (κ2) is 4.01. The van der Waals surface area contributed by atoms with E-state index in [2.05, 4.69) is 25.1 Å². The van der Waals surface area contributed by atoms with Crippen LogP contribution in [-0.4, -0.2) is 43.0 Å². The highest BCUT2D eigenvalue weighted by Gasteiger charge is 2.14. The zero-order chi connectivity index (χ0) is 11.5. The molecule has 0 saturated carbocycles. The van der Waals surface area contributed by atoms with Crippen molar-refractivity contribution in [1.82, 2.24) is 30.0 Å². The Bertz CT molecular complexity index is 525. The summed E-state index contributed by atoms with van der Waals surface area (Å²) in [5, 5.41) is 6.32. The van der Waals surface area contributed by atoms with Gasteiger partial charge in [-0.25, -0.2) is 9.78 Å². The van der Waals surface area contributed by atoms with Gasteiger partial charge in [-0.15, -0.1) is 0 Å². The average molecular weight is 222 g/mol. The normalized spacial score (nSPS) is 10.3. The van der Waals surface area contributed by atoms with Gasteiger partial charge in [0.15, 0.2) is 0 Å². The molecule has 2 aromatic rings. The SMILES string of the molecule is CN(Cc1ncn[nH]1)C(=O)c1c[nH]c(=O)[nH]1. The third-order valence-electron chi connectivity index (χ3n) is 2.02. The molecule has 0 unspecified atom stereocenters. The maximum absolute atomic E-state index is 11.8. The monoisotopic (exact) mass is 222 g/mol. The Labute approximate surface area is 89.7 Å². The van der Waals surface area contributed by atoms with Crippen molar-refractivity contribution in [3.05, 3.63) is 34.5 Å². The molecule has 0 aliphatic rings. The van der Waals surface area contributed by atoms with Crippen LogP contribution in [0.1, 0.15) is 16.3 Å². The summed E-state index contributed by atoms with van der Waals surface area (Å²) in [6, 6.07) is 0. The number of rotatable bonds is 3. The lowest BCUT2D eigenvalue weighted by Gasteiger charge is -2.13. The van der Waals surface area contributed by atoms with Gasteiger partial charge in [0.2, 0.25) is 0 Å². The molecule has 8 heteroatoms. The molecular formula is C8H10N6O2. The Morgan fingerprint density at radius 2 is 2.38 bits per heavy atom. The lowest BCUT2D eigenvalue weighted by atomic mass is 10.4. The maximum atomic E-state index is 11.8. The van der Waals surface area contributed by atoms with Gasteiger partial charge in [0.1, 0.15) is 17.8 Å². The van der Waals surface area contributed by atoms with E-state index in [0.717, 1.165) is 0 Å². The minimum Gasteiger partial charge on any atom is -0.333 e. The largest absolute Gasteiger partial charge is 0.333 e. The molecule has 84 valence electrons. The summed E-state index contributed by atoms with van der Waals surface area (Å²) in [4.78, 5) is 32.7. The van der Waals surface area contributed by atoms with Gasteiger partial charge in [0.05, 0.1) is 6.54 Å². The first-order valence-corrected chi connectivity index (χ1v) is 4.54. The van der Waals surface area contributed by atoms with Crippen LogP contribution in [0.3, 0.4) is 0 Å². The van der Waals surface area contributed by atoms with Crippen LogP contribution in [0, 0.1) is 0 Å². The van der Waals surface area contributed by atoms with Gasteiger partial charge in [-0.3, -0.25) is 9.89 Å². The van der Waals surface area contributed by atoms with Crippen LogP contribution in [0.2, 0.25) is 0 Å². The Morgan fingerprint density at radius 3 is 2.94 bits per heavy atom. The molecule has 0 atom stereocenters. The van der Waals surface area contributed by atoms with Crippen molar-refractivity contribution in [2.24, 2.45) is 0 Å². The first kappa shape index (κ1) is 10.1. The van der Waals surface area contributed by atoms with E-state index >= 15 is 0 Å². The highest BCUT2D eigenvalue weighted by atomic mass is 16.2. The van der Waals surface area contributed by atoms with E-state index in [1.54, 1.807) is 7.05 Å². The summed E-state index contributed by atoms with van der Waals surface area (Å²) in [7, 11) is 1.61. The molecule has 16 heavy (non-hydrogen) atoms. The molecule has 0 radical (unpaired) electrons. The van der Waals surface area contributed by atoms with Crippen LogP contribution >= 0.6 is 0 Å². The van der Waals surface area contributed by atoms with Gasteiger partial charge < -0.3 is 14.9 Å². The first-order chi connectivity index (χ1) is 7.66. The second-order valence-corrected chi connectivity index (χ2v) is 3.25. The molecule has 0 aliphatic carbocycles. The Morgan fingerprint density at radius 1 is 1.56 bits per heavy atom. The number of aromatic amines is 3. The van der Waals surface area contributed by atoms with Crippen molar-refractivity contribution < 1.29 is 4.79 Å². The fourth-order valence-electron chi connectivity index (χ4n) is 1.26. The molecule has 1 amide bonds. The summed E-state index contributed by atoms with van der Waals surface area (Å²) < 4.78 is 0. The standard InChI is InChI=1S/C8H10N6O2/c1-14(3-6-10-4-11-13-6)7(15)5-2-9-8(16)12-5/h2,4H,3H2,1H3,(H2,9,12,16)(H,10,11,13). The lowest BCUT2D eigenvalue weighted by molar-refractivity contribution is 0.0776. The van der Waals surface area contributed by atoms with Crippen LogP contribution in [0.5, 0.6) is 0 Å². The van der Waals surface area contributed by atoms with Crippen molar-refractivity contribution in [2.45, 2.75) is 6.54 Å². The van der Waals surface area contributed by atoms with Gasteiger partial charge in [-0.1, -0.05) is 0 Å². The summed E-state index contributed by atoms with van der Waals surface area (Å²) in [6.45, 7) is 0.298. The van der Waals surface area contributed by atoms with Crippen molar-refractivity contribution >= 4 is 5.91 Å². The predicted octanol–water partition coefficient (Wildman–Crippen LogP) is -0.907. The quantitative estimate of drug-likeness (QED) is 0.624. The zero-order valence-corrected chi connectivity index (χ0v) is 8.52. The van der Waals surface area contributed by atoms with Crippen LogP contribution in [0.15, 0.2) is 17.3 Å². The number of aromatic nitrogens is 5. The minimum absolute atomic E-state index is 0.215. The van der Waals surface area contributed by atoms with E-state index in [0.29, 0.717) is 12.4 Å². The summed E-state index contributed by atoms with van der Waals surface area (Å²) >= 11 is 0. The van der Waals surface area contributed by atoms with E-state index in [9.17, 15) is 9.59 Å². The fraction of sp³-hybridized carbons (Fsp3) is 0.250. The highest BCUT2D eigenvalue weighted by Crippen LogP contribution is 2.00. The zero-order valence-electron chi connectivity index (χ0n) is 8.52. The second-order valence-electron chi connectivity index (χ2n) is 3.25. The molecule has 2 heterocycles. The minimum atomic E-state index is -0.406. The summed E-state index contributed by atoms with van der Waals surface area (Å²) in [5.41, 5.74) is -0.191. The third kappa shape index (κ3) is 2.00. The fourth-order valence-corrected chi connectivity index (χ4v) is 1.26. The van der Waals surface area contributed by atoms with Crippen molar-refractivity contribution in [3.63, 3.8) is 0 Å². The Hall–Kier alpha value is -2.38. The van der Waals surface area contributed by atoms with Crippen molar-refractivity contribution in [2.75, 3.05) is 7.05 Å². The van der Waals surface area contributed by atoms with E-state index in [4.69, 9.17) is 0 Å². The number of imidazole rings is 1. The van der Waals surface area contributed by atoms with E-state index in [-0.39, 0.29) is 11.6 Å². The number of H-pyrrole nitrogens is 3. The van der Waals surface area contributed by atoms with E-state index < -0.39 is 5.69 Å². The van der Waals surface area contributed by atoms with Crippen molar-refractivity contribution in [3.8, 4) is 0 Å². The topological polar surface area (TPSA) is 111 Å². The van der Waals surface area contributed by atoms with Gasteiger partial charge in [0.25, 0.3) is 5.91 Å². The molecule has 0 fully saturated rings. The first-order valence-electron chi connectivity index (χ1n) is 4.54. The molecule has 0 aromatic carbocycles. The number of carbonyl (C=O) groups excluding carboxylic acids is 1. The number of amides is 1. The maximum Gasteiger partial charge on any atom is 0.323 e. The van der Waals surface area contributed by atoms with Gasteiger partial charge in [-0.2, -0.15) is 5.10 Å². The molecule has 8 nitrogen and oxygen atoms in total. The molecule has 3 N–H and O–H groups in total. The van der Waals surface area contributed by atoms with Crippen LogP contribution in [0.25, 0.3) is 0 Å². The summed E-state index contributed by atoms with van der Waals surface area (Å²) in [5.74, 6) is 0.281. The smallest absolute Gasteiger partial charge is 0.323 e. The average Bonchev–Trinajstić information content (AvgIpc) is 2.88. The Kier molecular flexibility index (Phi) is 2.54. The highest BCUT2D eigenvalue weighted by molar-refractivity contribution is 5.91. The van der Waals surface area contributed by atoms with Crippen molar-refractivity contribution in [1.29, 1.82) is 0 Å². The van der Waals surface area contributed by atoms with E-state index in [1.165, 1.54) is 17.4 Å². The van der Waals surface area contributed by atoms with Gasteiger partial charge >= 0.3 is 5.69 Å². The molecule has 2 rings (SSSR count). The lowest BCUT2D eigenvalue weighted by Crippen LogP contribution is -2.27. The summed E-state index contributed by atoms with van der Waals surface area (Å²) in [6.07, 6.45) is 2.70. The molecule has 0 spiro atoms. The number of hydrogen-bond acceptors (Lipinski definition) is 4. The third-order valence-corrected chi connectivity index (χ3v) is 2.02. The molecule has 0 bridgehead atoms. The number of hydrogen-bond donors (Lipinski definition) is 3. The van der Waals surface area contributed by atoms with Gasteiger partial charge in [0, 0.05) is 13.2 Å². The molecule has 0 saturated heterocycles. The molecular weight excluding hydrogens is 212 g/mol. The predicted molar refractivity (Wildman–Crippen MR) is 53.6 cm³/mol.